The van der Waals surface area contributed by atoms with Crippen molar-refractivity contribution in [2.75, 3.05) is 7.11 Å². The van der Waals surface area contributed by atoms with Crippen LogP contribution in [0.15, 0.2) is 85.5 Å². The number of phenolic OH excluding ortho intramolecular Hbond substituents is 1. The fraction of sp³-hybridized carbons (Fsp3) is 0.107. The predicted molar refractivity (Wildman–Crippen MR) is 131 cm³/mol. The largest absolute Gasteiger partial charge is 0.508 e. The Hall–Kier alpha value is -4.85. The van der Waals surface area contributed by atoms with Crippen LogP contribution in [-0.2, 0) is 4.79 Å². The van der Waals surface area contributed by atoms with E-state index in [0.717, 1.165) is 0 Å². The molecule has 0 spiro atoms. The first-order valence-corrected chi connectivity index (χ1v) is 11.1. The number of methoxy groups -OCH3 is 1. The van der Waals surface area contributed by atoms with Crippen LogP contribution >= 0.6 is 0 Å². The van der Waals surface area contributed by atoms with Crippen molar-refractivity contribution in [3.8, 4) is 28.4 Å². The van der Waals surface area contributed by atoms with Gasteiger partial charge in [0, 0.05) is 17.0 Å². The number of fused-ring (bicyclic) bond motifs is 4. The van der Waals surface area contributed by atoms with E-state index in [1.54, 1.807) is 30.3 Å². The maximum Gasteiger partial charge on any atom is 0.312 e. The number of phenols is 1. The van der Waals surface area contributed by atoms with Gasteiger partial charge in [0.1, 0.15) is 34.7 Å². The van der Waals surface area contributed by atoms with Crippen LogP contribution in [0.1, 0.15) is 23.5 Å². The third kappa shape index (κ3) is 3.34. The van der Waals surface area contributed by atoms with Crippen molar-refractivity contribution in [1.82, 2.24) is 0 Å². The fourth-order valence-electron chi connectivity index (χ4n) is 4.65. The summed E-state index contributed by atoms with van der Waals surface area (Å²) in [5.41, 5.74) is 1.55. The maximum absolute atomic E-state index is 13.5. The molecule has 1 N–H and O–H groups in total. The molecule has 0 amide bonds. The monoisotopic (exact) mass is 482 g/mol. The summed E-state index contributed by atoms with van der Waals surface area (Å²) in [6.07, 6.45) is 2.54. The van der Waals surface area contributed by atoms with Crippen LogP contribution in [0.3, 0.4) is 0 Å². The molecule has 178 valence electrons. The van der Waals surface area contributed by atoms with E-state index < -0.39 is 11.9 Å². The molecular formula is C28H18O8. The van der Waals surface area contributed by atoms with E-state index in [1.807, 2.05) is 0 Å². The molecule has 0 saturated heterocycles. The molecule has 0 radical (unpaired) electrons. The van der Waals surface area contributed by atoms with Gasteiger partial charge in [0.2, 0.25) is 5.43 Å². The van der Waals surface area contributed by atoms with Crippen LogP contribution in [0.5, 0.6) is 17.2 Å². The van der Waals surface area contributed by atoms with Crippen molar-refractivity contribution < 1.29 is 28.2 Å². The first-order chi connectivity index (χ1) is 17.4. The molecule has 0 unspecified atom stereocenters. The van der Waals surface area contributed by atoms with E-state index in [-0.39, 0.29) is 45.3 Å². The normalized spacial score (nSPS) is 15.0. The van der Waals surface area contributed by atoms with Gasteiger partial charge in [-0.25, -0.2) is 0 Å². The van der Waals surface area contributed by atoms with E-state index >= 15 is 0 Å². The fourth-order valence-corrected chi connectivity index (χ4v) is 4.65. The number of esters is 1. The van der Waals surface area contributed by atoms with E-state index in [9.17, 15) is 19.5 Å². The number of rotatable bonds is 3. The molecule has 36 heavy (non-hydrogen) atoms. The van der Waals surface area contributed by atoms with Gasteiger partial charge < -0.3 is 23.4 Å². The average Bonchev–Trinajstić information content (AvgIpc) is 2.89. The van der Waals surface area contributed by atoms with Crippen LogP contribution in [0, 0.1) is 0 Å². The Labute approximate surface area is 202 Å². The third-order valence-corrected chi connectivity index (χ3v) is 6.44. The molecule has 1 aliphatic heterocycles. The third-order valence-electron chi connectivity index (χ3n) is 6.44. The van der Waals surface area contributed by atoms with Gasteiger partial charge in [0.15, 0.2) is 5.43 Å². The lowest BCUT2D eigenvalue weighted by Gasteiger charge is -2.25. The zero-order valence-corrected chi connectivity index (χ0v) is 18.9. The number of carbonyl (C=O) groups is 1. The lowest BCUT2D eigenvalue weighted by atomic mass is 9.85. The van der Waals surface area contributed by atoms with Crippen molar-refractivity contribution in [1.29, 1.82) is 0 Å². The van der Waals surface area contributed by atoms with E-state index in [4.69, 9.17) is 18.3 Å². The Kier molecular flexibility index (Phi) is 4.89. The van der Waals surface area contributed by atoms with Crippen molar-refractivity contribution in [3.63, 3.8) is 0 Å². The lowest BCUT2D eigenvalue weighted by Crippen LogP contribution is -2.25. The molecule has 3 heterocycles. The van der Waals surface area contributed by atoms with Crippen LogP contribution in [0.25, 0.3) is 33.1 Å². The second-order valence-corrected chi connectivity index (χ2v) is 8.49. The summed E-state index contributed by atoms with van der Waals surface area (Å²) in [6, 6.07) is 14.2. The molecule has 0 saturated carbocycles. The molecular weight excluding hydrogens is 464 g/mol. The molecule has 0 fully saturated rings. The number of aromatic hydroxyl groups is 1. The highest BCUT2D eigenvalue weighted by Crippen LogP contribution is 2.42. The molecule has 6 rings (SSSR count). The van der Waals surface area contributed by atoms with Gasteiger partial charge in [-0.05, 0) is 48.0 Å². The summed E-state index contributed by atoms with van der Waals surface area (Å²) in [4.78, 5) is 39.4. The maximum atomic E-state index is 13.5. The van der Waals surface area contributed by atoms with Gasteiger partial charge in [-0.3, -0.25) is 14.4 Å². The van der Waals surface area contributed by atoms with Crippen molar-refractivity contribution in [2.45, 2.75) is 12.3 Å². The highest BCUT2D eigenvalue weighted by molar-refractivity contribution is 5.90. The first-order valence-electron chi connectivity index (χ1n) is 11.1. The molecule has 0 bridgehead atoms. The highest BCUT2D eigenvalue weighted by Gasteiger charge is 2.34. The number of hydrogen-bond donors (Lipinski definition) is 1. The summed E-state index contributed by atoms with van der Waals surface area (Å²) >= 11 is 0. The lowest BCUT2D eigenvalue weighted by molar-refractivity contribution is -0.135. The smallest absolute Gasteiger partial charge is 0.312 e. The molecule has 1 atom stereocenters. The molecule has 3 aromatic carbocycles. The Balaban J connectivity index is 1.58. The Morgan fingerprint density at radius 1 is 0.889 bits per heavy atom. The summed E-state index contributed by atoms with van der Waals surface area (Å²) in [5.74, 6) is -0.475. The van der Waals surface area contributed by atoms with Gasteiger partial charge in [-0.2, -0.15) is 0 Å². The zero-order valence-electron chi connectivity index (χ0n) is 18.9. The van der Waals surface area contributed by atoms with Crippen LogP contribution in [-0.4, -0.2) is 18.2 Å². The molecule has 5 aromatic rings. The van der Waals surface area contributed by atoms with Crippen LogP contribution in [0.4, 0.5) is 0 Å². The zero-order chi connectivity index (χ0) is 25.0. The highest BCUT2D eigenvalue weighted by atomic mass is 16.5. The second-order valence-electron chi connectivity index (χ2n) is 8.49. The van der Waals surface area contributed by atoms with E-state index in [2.05, 4.69) is 0 Å². The number of hydrogen-bond acceptors (Lipinski definition) is 8. The number of ether oxygens (including phenoxy) is 2. The first kappa shape index (κ1) is 21.7. The quantitative estimate of drug-likeness (QED) is 0.290. The molecule has 2 aromatic heterocycles. The standard InChI is InChI=1S/C28H18O8/c1-33-16-6-8-22-19(10-16)27(32)21(13-34-22)18-11-24(30)36-23-9-7-17-26(31)20(12-35-28(17)25(18)23)14-2-4-15(29)5-3-14/h2-10,12-13,18,29H,11H2,1H3/t18-/m0/s1. The van der Waals surface area contributed by atoms with Crippen LogP contribution in [0.2, 0.25) is 0 Å². The molecule has 8 nitrogen and oxygen atoms in total. The van der Waals surface area contributed by atoms with Crippen molar-refractivity contribution in [3.05, 3.63) is 98.7 Å². The SMILES string of the molecule is COc1ccc2occ([C@@H]3CC(=O)Oc4ccc5c(=O)c(-c6ccc(O)cc6)coc5c43)c(=O)c2c1. The minimum atomic E-state index is -0.750. The van der Waals surface area contributed by atoms with Crippen molar-refractivity contribution in [2.24, 2.45) is 0 Å². The topological polar surface area (TPSA) is 116 Å². The minimum absolute atomic E-state index is 0.0782. The van der Waals surface area contributed by atoms with Gasteiger partial charge in [0.25, 0.3) is 0 Å². The van der Waals surface area contributed by atoms with E-state index in [0.29, 0.717) is 33.4 Å². The summed E-state index contributed by atoms with van der Waals surface area (Å²) in [7, 11) is 1.50. The van der Waals surface area contributed by atoms with Crippen LogP contribution < -0.4 is 20.3 Å². The minimum Gasteiger partial charge on any atom is -0.508 e. The van der Waals surface area contributed by atoms with E-state index in [1.165, 1.54) is 43.9 Å². The second kappa shape index (κ2) is 8.13. The average molecular weight is 482 g/mol. The summed E-state index contributed by atoms with van der Waals surface area (Å²) in [5, 5.41) is 10.2. The molecule has 8 heteroatoms. The van der Waals surface area contributed by atoms with Gasteiger partial charge >= 0.3 is 5.97 Å². The van der Waals surface area contributed by atoms with Crippen molar-refractivity contribution >= 4 is 27.9 Å². The number of carbonyl (C=O) groups excluding carboxylic acids is 1. The number of benzene rings is 3. The molecule has 0 aliphatic carbocycles. The predicted octanol–water partition coefficient (Wildman–Crippen LogP) is 4.72. The summed E-state index contributed by atoms with van der Waals surface area (Å²) < 4.78 is 22.4. The van der Waals surface area contributed by atoms with Gasteiger partial charge in [-0.1, -0.05) is 12.1 Å². The Morgan fingerprint density at radius 2 is 1.69 bits per heavy atom. The van der Waals surface area contributed by atoms with Gasteiger partial charge in [0.05, 0.1) is 36.1 Å². The van der Waals surface area contributed by atoms with Gasteiger partial charge in [-0.15, -0.1) is 0 Å². The Morgan fingerprint density at radius 3 is 2.47 bits per heavy atom. The molecule has 1 aliphatic rings. The Bertz CT molecular complexity index is 1790. The summed E-state index contributed by atoms with van der Waals surface area (Å²) in [6.45, 7) is 0.